The lowest BCUT2D eigenvalue weighted by molar-refractivity contribution is -0.138. The third kappa shape index (κ3) is 1.82. The Hall–Kier alpha value is -2.13. The average molecular weight is 293 g/mol. The second-order valence-corrected chi connectivity index (χ2v) is 6.32. The molecule has 0 spiro atoms. The summed E-state index contributed by atoms with van der Waals surface area (Å²) in [6, 6.07) is 20.5. The van der Waals surface area contributed by atoms with Crippen molar-refractivity contribution >= 4 is 5.91 Å². The van der Waals surface area contributed by atoms with Gasteiger partial charge in [0.2, 0.25) is 5.91 Å². The van der Waals surface area contributed by atoms with Crippen molar-refractivity contribution in [3.63, 3.8) is 0 Å². The van der Waals surface area contributed by atoms with Crippen LogP contribution < -0.4 is 0 Å². The van der Waals surface area contributed by atoms with Crippen LogP contribution in [0.4, 0.5) is 0 Å². The fourth-order valence-electron chi connectivity index (χ4n) is 3.75. The molecule has 0 aliphatic carbocycles. The highest BCUT2D eigenvalue weighted by atomic mass is 16.6. The number of hydrogen-bond acceptors (Lipinski definition) is 2. The second kappa shape index (κ2) is 4.68. The topological polar surface area (TPSA) is 29.5 Å². The monoisotopic (exact) mass is 293 g/mol. The number of hydrogen-bond donors (Lipinski definition) is 0. The van der Waals surface area contributed by atoms with Gasteiger partial charge in [0.25, 0.3) is 0 Å². The van der Waals surface area contributed by atoms with Crippen LogP contribution in [-0.2, 0) is 15.1 Å². The van der Waals surface area contributed by atoms with E-state index in [1.807, 2.05) is 48.2 Å². The highest BCUT2D eigenvalue weighted by molar-refractivity contribution is 5.80. The van der Waals surface area contributed by atoms with E-state index >= 15 is 0 Å². The smallest absolute Gasteiger partial charge is 0.225 e. The lowest BCUT2D eigenvalue weighted by atomic mass is 9.86. The molecule has 0 N–H and O–H groups in total. The molecule has 2 fully saturated rings. The van der Waals surface area contributed by atoms with Crippen LogP contribution in [0.1, 0.15) is 30.9 Å². The molecule has 1 amide bonds. The Morgan fingerprint density at radius 2 is 1.50 bits per heavy atom. The quantitative estimate of drug-likeness (QED) is 0.850. The Balaban J connectivity index is 1.88. The molecule has 1 atom stereocenters. The first-order chi connectivity index (χ1) is 10.6. The van der Waals surface area contributed by atoms with Crippen LogP contribution in [0.25, 0.3) is 0 Å². The molecular weight excluding hydrogens is 274 g/mol. The normalized spacial score (nSPS) is 26.2. The van der Waals surface area contributed by atoms with Crippen LogP contribution in [0.3, 0.4) is 0 Å². The molecule has 2 heterocycles. The molecule has 0 aromatic heterocycles. The summed E-state index contributed by atoms with van der Waals surface area (Å²) in [6.07, 6.45) is 1.34. The van der Waals surface area contributed by atoms with Crippen molar-refractivity contribution in [2.75, 3.05) is 6.54 Å². The number of rotatable bonds is 2. The molecule has 2 aliphatic heterocycles. The van der Waals surface area contributed by atoms with Gasteiger partial charge in [-0.2, -0.15) is 0 Å². The Bertz CT molecular complexity index is 658. The van der Waals surface area contributed by atoms with E-state index in [-0.39, 0.29) is 5.91 Å². The maximum absolute atomic E-state index is 12.3. The van der Waals surface area contributed by atoms with Gasteiger partial charge in [-0.1, -0.05) is 60.7 Å². The van der Waals surface area contributed by atoms with Crippen molar-refractivity contribution in [1.29, 1.82) is 0 Å². The maximum atomic E-state index is 12.3. The Morgan fingerprint density at radius 1 is 0.955 bits per heavy atom. The number of amides is 1. The van der Waals surface area contributed by atoms with E-state index in [9.17, 15) is 4.79 Å². The molecule has 4 rings (SSSR count). The van der Waals surface area contributed by atoms with Crippen molar-refractivity contribution in [2.45, 2.75) is 31.1 Å². The molecule has 0 radical (unpaired) electrons. The first-order valence-electron chi connectivity index (χ1n) is 7.76. The fourth-order valence-corrected chi connectivity index (χ4v) is 3.75. The molecule has 22 heavy (non-hydrogen) atoms. The van der Waals surface area contributed by atoms with Gasteiger partial charge >= 0.3 is 0 Å². The molecule has 0 bridgehead atoms. The van der Waals surface area contributed by atoms with Crippen LogP contribution >= 0.6 is 0 Å². The Morgan fingerprint density at radius 3 is 2.00 bits per heavy atom. The number of benzene rings is 2. The van der Waals surface area contributed by atoms with Crippen molar-refractivity contribution in [2.24, 2.45) is 0 Å². The SMILES string of the molecule is C[C@@]12CCC(=O)N1CC(c1ccccc1)(c1ccccc1)O2. The fraction of sp³-hybridized carbons (Fsp3) is 0.316. The number of nitrogens with zero attached hydrogens (tertiary/aromatic N) is 1. The van der Waals surface area contributed by atoms with E-state index in [1.54, 1.807) is 0 Å². The first-order valence-corrected chi connectivity index (χ1v) is 7.76. The van der Waals surface area contributed by atoms with Crippen LogP contribution in [0.15, 0.2) is 60.7 Å². The van der Waals surface area contributed by atoms with Gasteiger partial charge in [-0.15, -0.1) is 0 Å². The Kier molecular flexibility index (Phi) is 2.88. The highest BCUT2D eigenvalue weighted by Crippen LogP contribution is 2.49. The maximum Gasteiger partial charge on any atom is 0.225 e. The minimum absolute atomic E-state index is 0.191. The Labute approximate surface area is 130 Å². The summed E-state index contributed by atoms with van der Waals surface area (Å²) >= 11 is 0. The van der Waals surface area contributed by atoms with Crippen molar-refractivity contribution < 1.29 is 9.53 Å². The molecule has 2 aromatic carbocycles. The minimum atomic E-state index is -0.576. The largest absolute Gasteiger partial charge is 0.338 e. The van der Waals surface area contributed by atoms with Gasteiger partial charge in [0.15, 0.2) is 0 Å². The first kappa shape index (κ1) is 13.5. The number of carbonyl (C=O) groups excluding carboxylic acids is 1. The van der Waals surface area contributed by atoms with Crippen LogP contribution in [-0.4, -0.2) is 23.1 Å². The van der Waals surface area contributed by atoms with E-state index in [4.69, 9.17) is 4.74 Å². The van der Waals surface area contributed by atoms with E-state index < -0.39 is 11.3 Å². The second-order valence-electron chi connectivity index (χ2n) is 6.32. The third-order valence-corrected chi connectivity index (χ3v) is 4.93. The molecule has 2 saturated heterocycles. The van der Waals surface area contributed by atoms with Gasteiger partial charge in [0, 0.05) is 12.8 Å². The van der Waals surface area contributed by atoms with Gasteiger partial charge in [0.1, 0.15) is 11.3 Å². The predicted octanol–water partition coefficient (Wildman–Crippen LogP) is 3.30. The van der Waals surface area contributed by atoms with Crippen LogP contribution in [0, 0.1) is 0 Å². The summed E-state index contributed by atoms with van der Waals surface area (Å²) in [4.78, 5) is 14.2. The summed E-state index contributed by atoms with van der Waals surface area (Å²) < 4.78 is 6.61. The number of ether oxygens (including phenoxy) is 1. The zero-order chi connectivity index (χ0) is 15.2. The molecule has 0 saturated carbocycles. The van der Waals surface area contributed by atoms with Crippen LogP contribution in [0.2, 0.25) is 0 Å². The third-order valence-electron chi connectivity index (χ3n) is 4.93. The van der Waals surface area contributed by atoms with Gasteiger partial charge in [-0.3, -0.25) is 4.79 Å². The summed E-state index contributed by atoms with van der Waals surface area (Å²) in [7, 11) is 0. The van der Waals surface area contributed by atoms with Gasteiger partial charge < -0.3 is 9.64 Å². The van der Waals surface area contributed by atoms with Crippen molar-refractivity contribution in [3.05, 3.63) is 71.8 Å². The standard InChI is InChI=1S/C19H19NO2/c1-18-13-12-17(21)20(18)14-19(22-18,15-8-4-2-5-9-15)16-10-6-3-7-11-16/h2-11H,12-14H2,1H3/t18-/m1/s1. The molecular formula is C19H19NO2. The molecule has 0 unspecified atom stereocenters. The van der Waals surface area contributed by atoms with E-state index in [2.05, 4.69) is 24.3 Å². The molecule has 2 aliphatic rings. The van der Waals surface area contributed by atoms with Crippen molar-refractivity contribution in [1.82, 2.24) is 4.90 Å². The van der Waals surface area contributed by atoms with Gasteiger partial charge in [-0.05, 0) is 18.1 Å². The van der Waals surface area contributed by atoms with E-state index in [1.165, 1.54) is 0 Å². The summed E-state index contributed by atoms with van der Waals surface area (Å²) in [6.45, 7) is 2.61. The molecule has 112 valence electrons. The van der Waals surface area contributed by atoms with Crippen LogP contribution in [0.5, 0.6) is 0 Å². The summed E-state index contributed by atoms with van der Waals surface area (Å²) in [5, 5.41) is 0. The average Bonchev–Trinajstić information content (AvgIpc) is 3.03. The molecule has 3 nitrogen and oxygen atoms in total. The zero-order valence-corrected chi connectivity index (χ0v) is 12.7. The lowest BCUT2D eigenvalue weighted by Crippen LogP contribution is -2.38. The molecule has 2 aromatic rings. The van der Waals surface area contributed by atoms with E-state index in [0.717, 1.165) is 17.5 Å². The van der Waals surface area contributed by atoms with Gasteiger partial charge in [-0.25, -0.2) is 0 Å². The molecule has 3 heteroatoms. The van der Waals surface area contributed by atoms with Gasteiger partial charge in [0.05, 0.1) is 6.54 Å². The highest BCUT2D eigenvalue weighted by Gasteiger charge is 2.58. The predicted molar refractivity (Wildman–Crippen MR) is 84.1 cm³/mol. The summed E-state index contributed by atoms with van der Waals surface area (Å²) in [5.74, 6) is 0.191. The van der Waals surface area contributed by atoms with Crippen molar-refractivity contribution in [3.8, 4) is 0 Å². The van der Waals surface area contributed by atoms with E-state index in [0.29, 0.717) is 13.0 Å². The minimum Gasteiger partial charge on any atom is -0.338 e. The number of carbonyl (C=O) groups is 1. The number of fused-ring (bicyclic) bond motifs is 1. The summed E-state index contributed by atoms with van der Waals surface area (Å²) in [5.41, 5.74) is 1.13. The zero-order valence-electron chi connectivity index (χ0n) is 12.7. The lowest BCUT2D eigenvalue weighted by Gasteiger charge is -2.32.